The van der Waals surface area contributed by atoms with Crippen LogP contribution in [0.2, 0.25) is 5.02 Å². The summed E-state index contributed by atoms with van der Waals surface area (Å²) in [6.45, 7) is -0.371. The lowest BCUT2D eigenvalue weighted by Crippen LogP contribution is -2.30. The first-order valence-electron chi connectivity index (χ1n) is 8.40. The Morgan fingerprint density at radius 1 is 1.36 bits per heavy atom. The van der Waals surface area contributed by atoms with E-state index in [-0.39, 0.29) is 46.5 Å². The van der Waals surface area contributed by atoms with Gasteiger partial charge in [0.25, 0.3) is 11.8 Å². The number of carbonyl (C=O) groups excluding carboxylic acids is 2. The summed E-state index contributed by atoms with van der Waals surface area (Å²) in [6.07, 6.45) is 0.678. The number of halogens is 2. The number of ether oxygens (including phenoxy) is 2. The summed E-state index contributed by atoms with van der Waals surface area (Å²) in [5, 5.41) is 3.03. The molecule has 0 unspecified atom stereocenters. The number of methoxy groups -OCH3 is 1. The van der Waals surface area contributed by atoms with Crippen molar-refractivity contribution in [1.29, 1.82) is 0 Å². The molecule has 2 aromatic carbocycles. The fourth-order valence-corrected chi connectivity index (χ4v) is 4.26. The third-order valence-electron chi connectivity index (χ3n) is 4.17. The SMILES string of the molecule is COc1cc(C(=O)N[C@@H]2CCSc3ccc(F)cc32)cc(Cl)c1OCC(N)=O. The third kappa shape index (κ3) is 4.51. The molecule has 0 spiro atoms. The van der Waals surface area contributed by atoms with Crippen molar-refractivity contribution in [2.45, 2.75) is 17.4 Å². The topological polar surface area (TPSA) is 90.7 Å². The van der Waals surface area contributed by atoms with Crippen LogP contribution in [0.25, 0.3) is 0 Å². The minimum atomic E-state index is -0.666. The summed E-state index contributed by atoms with van der Waals surface area (Å²) in [5.74, 6) is -0.255. The van der Waals surface area contributed by atoms with E-state index in [9.17, 15) is 14.0 Å². The molecule has 0 saturated heterocycles. The normalized spacial score (nSPS) is 15.5. The average Bonchev–Trinajstić information content (AvgIpc) is 2.66. The van der Waals surface area contributed by atoms with E-state index in [0.717, 1.165) is 16.2 Å². The summed E-state index contributed by atoms with van der Waals surface area (Å²) < 4.78 is 24.1. The second kappa shape index (κ2) is 8.70. The number of hydrogen-bond acceptors (Lipinski definition) is 5. The molecular weight excluding hydrogens is 407 g/mol. The van der Waals surface area contributed by atoms with E-state index in [2.05, 4.69) is 5.32 Å². The minimum absolute atomic E-state index is 0.108. The van der Waals surface area contributed by atoms with Crippen LogP contribution in [0, 0.1) is 5.82 Å². The molecule has 3 rings (SSSR count). The molecule has 9 heteroatoms. The number of amides is 2. The molecule has 0 aromatic heterocycles. The van der Waals surface area contributed by atoms with Crippen LogP contribution < -0.4 is 20.5 Å². The molecule has 2 aromatic rings. The predicted molar refractivity (Wildman–Crippen MR) is 105 cm³/mol. The number of primary amides is 1. The van der Waals surface area contributed by atoms with Crippen LogP contribution in [0.1, 0.15) is 28.4 Å². The Morgan fingerprint density at radius 2 is 2.14 bits per heavy atom. The highest BCUT2D eigenvalue weighted by Gasteiger charge is 2.24. The van der Waals surface area contributed by atoms with Crippen LogP contribution in [0.3, 0.4) is 0 Å². The van der Waals surface area contributed by atoms with Crippen LogP contribution in [0.5, 0.6) is 11.5 Å². The number of carbonyl (C=O) groups is 2. The second-order valence-electron chi connectivity index (χ2n) is 6.09. The van der Waals surface area contributed by atoms with E-state index < -0.39 is 5.91 Å². The molecule has 0 radical (unpaired) electrons. The van der Waals surface area contributed by atoms with Crippen molar-refractivity contribution in [3.8, 4) is 11.5 Å². The first kappa shape index (κ1) is 20.3. The van der Waals surface area contributed by atoms with E-state index in [0.29, 0.717) is 6.42 Å². The zero-order valence-electron chi connectivity index (χ0n) is 15.0. The maximum absolute atomic E-state index is 13.7. The van der Waals surface area contributed by atoms with Gasteiger partial charge in [-0.25, -0.2) is 4.39 Å². The maximum atomic E-state index is 13.7. The molecule has 2 amide bonds. The van der Waals surface area contributed by atoms with Gasteiger partial charge in [-0.3, -0.25) is 9.59 Å². The van der Waals surface area contributed by atoms with Gasteiger partial charge in [0, 0.05) is 16.2 Å². The van der Waals surface area contributed by atoms with Crippen molar-refractivity contribution in [2.75, 3.05) is 19.5 Å². The maximum Gasteiger partial charge on any atom is 0.255 e. The summed E-state index contributed by atoms with van der Waals surface area (Å²) in [4.78, 5) is 24.6. The highest BCUT2D eigenvalue weighted by atomic mass is 35.5. The zero-order chi connectivity index (χ0) is 20.3. The molecule has 0 aliphatic carbocycles. The number of hydrogen-bond donors (Lipinski definition) is 2. The van der Waals surface area contributed by atoms with Gasteiger partial charge in [0.1, 0.15) is 5.82 Å². The summed E-state index contributed by atoms with van der Waals surface area (Å²) in [7, 11) is 1.39. The number of fused-ring (bicyclic) bond motifs is 1. The molecule has 3 N–H and O–H groups in total. The first-order valence-corrected chi connectivity index (χ1v) is 9.77. The fraction of sp³-hybridized carbons (Fsp3) is 0.263. The quantitative estimate of drug-likeness (QED) is 0.742. The van der Waals surface area contributed by atoms with E-state index in [4.69, 9.17) is 26.8 Å². The molecule has 1 atom stereocenters. The number of benzene rings is 2. The number of rotatable bonds is 6. The average molecular weight is 425 g/mol. The summed E-state index contributed by atoms with van der Waals surface area (Å²) in [6, 6.07) is 7.14. The van der Waals surface area contributed by atoms with E-state index in [1.165, 1.54) is 31.4 Å². The third-order valence-corrected chi connectivity index (χ3v) is 5.57. The zero-order valence-corrected chi connectivity index (χ0v) is 16.5. The monoisotopic (exact) mass is 424 g/mol. The number of thioether (sulfide) groups is 1. The Labute approximate surface area is 170 Å². The van der Waals surface area contributed by atoms with Crippen molar-refractivity contribution in [2.24, 2.45) is 5.73 Å². The van der Waals surface area contributed by atoms with Gasteiger partial charge in [-0.2, -0.15) is 0 Å². The standard InChI is InChI=1S/C19H18ClFN2O4S/c1-26-15-7-10(6-13(20)18(15)27-9-17(22)24)19(25)23-14-4-5-28-16-3-2-11(21)8-12(14)16/h2-3,6-8,14H,4-5,9H2,1H3,(H2,22,24)(H,23,25)/t14-/m1/s1. The van der Waals surface area contributed by atoms with Crippen molar-refractivity contribution in [1.82, 2.24) is 5.32 Å². The van der Waals surface area contributed by atoms with Gasteiger partial charge in [-0.1, -0.05) is 11.6 Å². The van der Waals surface area contributed by atoms with Gasteiger partial charge in [0.2, 0.25) is 0 Å². The minimum Gasteiger partial charge on any atom is -0.493 e. The van der Waals surface area contributed by atoms with Gasteiger partial charge in [0.05, 0.1) is 18.2 Å². The Kier molecular flexibility index (Phi) is 6.31. The molecule has 6 nitrogen and oxygen atoms in total. The largest absolute Gasteiger partial charge is 0.493 e. The van der Waals surface area contributed by atoms with Gasteiger partial charge >= 0.3 is 0 Å². The smallest absolute Gasteiger partial charge is 0.255 e. The molecule has 1 aliphatic heterocycles. The van der Waals surface area contributed by atoms with E-state index in [1.54, 1.807) is 17.8 Å². The Bertz CT molecular complexity index is 925. The Morgan fingerprint density at radius 3 is 2.86 bits per heavy atom. The number of nitrogens with one attached hydrogen (secondary N) is 1. The number of nitrogens with two attached hydrogens (primary N) is 1. The lowest BCUT2D eigenvalue weighted by Gasteiger charge is -2.26. The molecule has 148 valence electrons. The summed E-state index contributed by atoms with van der Waals surface area (Å²) >= 11 is 7.82. The molecular formula is C19H18ClFN2O4S. The molecule has 0 fully saturated rings. The molecule has 0 bridgehead atoms. The second-order valence-corrected chi connectivity index (χ2v) is 7.63. The first-order chi connectivity index (χ1) is 13.4. The van der Waals surface area contributed by atoms with Crippen molar-refractivity contribution in [3.05, 3.63) is 52.3 Å². The molecule has 1 aliphatic rings. The summed E-state index contributed by atoms with van der Waals surface area (Å²) in [5.41, 5.74) is 6.08. The molecule has 0 saturated carbocycles. The lowest BCUT2D eigenvalue weighted by molar-refractivity contribution is -0.119. The fourth-order valence-electron chi connectivity index (χ4n) is 2.89. The van der Waals surface area contributed by atoms with Gasteiger partial charge in [-0.15, -0.1) is 11.8 Å². The highest BCUT2D eigenvalue weighted by molar-refractivity contribution is 7.99. The van der Waals surface area contributed by atoms with Gasteiger partial charge < -0.3 is 20.5 Å². The van der Waals surface area contributed by atoms with Gasteiger partial charge in [0.15, 0.2) is 18.1 Å². The predicted octanol–water partition coefficient (Wildman–Crippen LogP) is 3.32. The highest BCUT2D eigenvalue weighted by Crippen LogP contribution is 2.38. The van der Waals surface area contributed by atoms with Crippen LogP contribution in [-0.4, -0.2) is 31.3 Å². The van der Waals surface area contributed by atoms with Crippen molar-refractivity contribution in [3.63, 3.8) is 0 Å². The van der Waals surface area contributed by atoms with E-state index >= 15 is 0 Å². The Hall–Kier alpha value is -2.45. The van der Waals surface area contributed by atoms with Crippen molar-refractivity contribution >= 4 is 35.2 Å². The van der Waals surface area contributed by atoms with Crippen molar-refractivity contribution < 1.29 is 23.5 Å². The lowest BCUT2D eigenvalue weighted by atomic mass is 10.0. The van der Waals surface area contributed by atoms with Crippen LogP contribution in [-0.2, 0) is 4.79 Å². The van der Waals surface area contributed by atoms with Gasteiger partial charge in [-0.05, 0) is 42.3 Å². The Balaban J connectivity index is 1.83. The van der Waals surface area contributed by atoms with Crippen LogP contribution >= 0.6 is 23.4 Å². The molecule has 28 heavy (non-hydrogen) atoms. The van der Waals surface area contributed by atoms with E-state index in [1.807, 2.05) is 0 Å². The van der Waals surface area contributed by atoms with Crippen LogP contribution in [0.4, 0.5) is 4.39 Å². The van der Waals surface area contributed by atoms with Crippen LogP contribution in [0.15, 0.2) is 35.2 Å². The molecule has 1 heterocycles.